The van der Waals surface area contributed by atoms with Gasteiger partial charge in [0.25, 0.3) is 0 Å². The highest BCUT2D eigenvalue weighted by Gasteiger charge is 2.38. The molecule has 3 amide bonds. The maximum Gasteiger partial charge on any atom is 0.242 e. The number of amides is 3. The Kier molecular flexibility index (Phi) is 25.5. The summed E-state index contributed by atoms with van der Waals surface area (Å²) in [5, 5.41) is 9.86. The molecule has 0 saturated carbocycles. The van der Waals surface area contributed by atoms with Crippen molar-refractivity contribution in [3.63, 3.8) is 0 Å². The van der Waals surface area contributed by atoms with Crippen LogP contribution in [0.1, 0.15) is 93.9 Å². The maximum atomic E-state index is 12.2. The van der Waals surface area contributed by atoms with Gasteiger partial charge in [-0.1, -0.05) is 48.5 Å². The van der Waals surface area contributed by atoms with Gasteiger partial charge in [0.05, 0.1) is 5.25 Å². The summed E-state index contributed by atoms with van der Waals surface area (Å²) in [5.41, 5.74) is 0.641. The van der Waals surface area contributed by atoms with Gasteiger partial charge in [-0.25, -0.2) is 0 Å². The molecule has 1 rings (SSSR count). The van der Waals surface area contributed by atoms with E-state index in [1.165, 1.54) is 16.7 Å². The number of thioether (sulfide) groups is 1. The summed E-state index contributed by atoms with van der Waals surface area (Å²) in [4.78, 5) is 37.0. The van der Waals surface area contributed by atoms with Crippen LogP contribution < -0.4 is 5.32 Å². The first kappa shape index (κ1) is 32.3. The van der Waals surface area contributed by atoms with Crippen LogP contribution in [-0.4, -0.2) is 52.4 Å². The third-order valence-corrected chi connectivity index (χ3v) is 4.87. The molecule has 172 valence electrons. The highest BCUT2D eigenvalue weighted by atomic mass is 32.2. The molecule has 1 atom stereocenters. The van der Waals surface area contributed by atoms with Crippen molar-refractivity contribution in [3.05, 3.63) is 0 Å². The van der Waals surface area contributed by atoms with Gasteiger partial charge in [-0.2, -0.15) is 0 Å². The number of nitrogens with one attached hydrogen (secondary N) is 2. The molecule has 0 spiro atoms. The van der Waals surface area contributed by atoms with Crippen molar-refractivity contribution in [2.75, 3.05) is 18.8 Å². The molecule has 1 unspecified atom stereocenters. The predicted molar refractivity (Wildman–Crippen MR) is 127 cm³/mol. The van der Waals surface area contributed by atoms with Crippen molar-refractivity contribution in [3.8, 4) is 0 Å². The second-order valence-corrected chi connectivity index (χ2v) is 7.10. The molecule has 0 aromatic heterocycles. The van der Waals surface area contributed by atoms with Crippen LogP contribution in [0.25, 0.3) is 0 Å². The first-order chi connectivity index (χ1) is 14.0. The molecule has 6 nitrogen and oxygen atoms in total. The molecule has 7 heteroatoms. The second kappa shape index (κ2) is 22.9. The third-order valence-electron chi connectivity index (χ3n) is 3.58. The summed E-state index contributed by atoms with van der Waals surface area (Å²) in [5.74, 6) is 0.497. The average Bonchev–Trinajstić information content (AvgIpc) is 3.01. The fourth-order valence-electron chi connectivity index (χ4n) is 2.33. The van der Waals surface area contributed by atoms with E-state index in [1.807, 2.05) is 48.5 Å². The summed E-state index contributed by atoms with van der Waals surface area (Å²) in [6.45, 7) is 16.7. The van der Waals surface area contributed by atoms with Crippen LogP contribution in [0.5, 0.6) is 0 Å². The Balaban J connectivity index is -0.00000103. The van der Waals surface area contributed by atoms with Gasteiger partial charge in [0.15, 0.2) is 0 Å². The van der Waals surface area contributed by atoms with Crippen molar-refractivity contribution in [2.24, 2.45) is 0 Å². The van der Waals surface area contributed by atoms with Crippen molar-refractivity contribution >= 4 is 35.2 Å². The van der Waals surface area contributed by atoms with E-state index in [-0.39, 0.29) is 29.4 Å². The van der Waals surface area contributed by atoms with Crippen LogP contribution in [0, 0.1) is 5.41 Å². The van der Waals surface area contributed by atoms with Gasteiger partial charge in [0, 0.05) is 31.6 Å². The highest BCUT2D eigenvalue weighted by molar-refractivity contribution is 8.00. The number of hydrogen-bond acceptors (Lipinski definition) is 5. The molecule has 1 saturated heterocycles. The molecule has 1 aliphatic heterocycles. The van der Waals surface area contributed by atoms with Crippen molar-refractivity contribution < 1.29 is 14.4 Å². The van der Waals surface area contributed by atoms with Gasteiger partial charge in [-0.3, -0.25) is 19.3 Å². The molecule has 1 fully saturated rings. The maximum absolute atomic E-state index is 12.2. The minimum Gasteiger partial charge on any atom is -0.356 e. The summed E-state index contributed by atoms with van der Waals surface area (Å²) < 4.78 is 0. The van der Waals surface area contributed by atoms with E-state index in [1.54, 1.807) is 6.92 Å². The fourth-order valence-corrected chi connectivity index (χ4v) is 3.46. The first-order valence-electron chi connectivity index (χ1n) is 11.2. The van der Waals surface area contributed by atoms with Crippen LogP contribution >= 0.6 is 11.8 Å². The zero-order valence-corrected chi connectivity index (χ0v) is 20.8. The molecular formula is C22H45N3O3S. The number of hydrogen-bond donors (Lipinski definition) is 2. The van der Waals surface area contributed by atoms with Crippen molar-refractivity contribution in [1.82, 2.24) is 10.2 Å². The van der Waals surface area contributed by atoms with Crippen LogP contribution in [0.3, 0.4) is 0 Å². The number of likely N-dealkylation sites (tertiary alicyclic amines) is 1. The Morgan fingerprint density at radius 3 is 2.21 bits per heavy atom. The SMILES string of the molecule is CC.CC.CC.CCCNC(=O)CCCN1C(=O)CC(SCCCC(C)=N)C1=O. The molecule has 0 aromatic carbocycles. The van der Waals surface area contributed by atoms with E-state index in [4.69, 9.17) is 5.41 Å². The summed E-state index contributed by atoms with van der Waals surface area (Å²) >= 11 is 1.50. The van der Waals surface area contributed by atoms with E-state index in [0.717, 1.165) is 25.0 Å². The molecule has 2 N–H and O–H groups in total. The monoisotopic (exact) mass is 431 g/mol. The minimum absolute atomic E-state index is 0.0288. The lowest BCUT2D eigenvalue weighted by molar-refractivity contribution is -0.138. The smallest absolute Gasteiger partial charge is 0.242 e. The summed E-state index contributed by atoms with van der Waals surface area (Å²) in [7, 11) is 0. The van der Waals surface area contributed by atoms with Crippen molar-refractivity contribution in [2.45, 2.75) is 99.2 Å². The molecule has 1 aliphatic rings. The van der Waals surface area contributed by atoms with E-state index < -0.39 is 0 Å². The standard InChI is InChI=1S/C16H27N3O3S.3C2H6/c1-3-8-18-14(20)7-4-9-19-15(21)11-13(16(19)22)23-10-5-6-12(2)17;3*1-2/h13,17H,3-11H2,1-2H3,(H,18,20);3*1-2H3. The van der Waals surface area contributed by atoms with Crippen LogP contribution in [0.2, 0.25) is 0 Å². The molecule has 29 heavy (non-hydrogen) atoms. The predicted octanol–water partition coefficient (Wildman–Crippen LogP) is 5.05. The van der Waals surface area contributed by atoms with Gasteiger partial charge in [-0.15, -0.1) is 11.8 Å². The highest BCUT2D eigenvalue weighted by Crippen LogP contribution is 2.26. The normalized spacial score (nSPS) is 14.6. The molecular weight excluding hydrogens is 386 g/mol. The van der Waals surface area contributed by atoms with Gasteiger partial charge in [-0.05, 0) is 38.4 Å². The zero-order valence-electron chi connectivity index (χ0n) is 20.0. The fraction of sp³-hybridized carbons (Fsp3) is 0.818. The summed E-state index contributed by atoms with van der Waals surface area (Å²) in [6, 6.07) is 0. The third kappa shape index (κ3) is 16.1. The van der Waals surface area contributed by atoms with Gasteiger partial charge >= 0.3 is 0 Å². The average molecular weight is 432 g/mol. The van der Waals surface area contributed by atoms with Gasteiger partial charge in [0.1, 0.15) is 0 Å². The first-order valence-corrected chi connectivity index (χ1v) is 12.3. The Bertz CT molecular complexity index is 457. The van der Waals surface area contributed by atoms with Gasteiger partial charge in [0.2, 0.25) is 17.7 Å². The quantitative estimate of drug-likeness (QED) is 0.272. The Labute approximate surface area is 183 Å². The van der Waals surface area contributed by atoms with Crippen LogP contribution in [-0.2, 0) is 14.4 Å². The van der Waals surface area contributed by atoms with E-state index >= 15 is 0 Å². The lowest BCUT2D eigenvalue weighted by atomic mass is 10.2. The number of imide groups is 1. The van der Waals surface area contributed by atoms with E-state index in [0.29, 0.717) is 31.6 Å². The van der Waals surface area contributed by atoms with E-state index in [2.05, 4.69) is 5.32 Å². The number of rotatable bonds is 11. The largest absolute Gasteiger partial charge is 0.356 e. The Hall–Kier alpha value is -1.37. The van der Waals surface area contributed by atoms with Crippen LogP contribution in [0.4, 0.5) is 0 Å². The summed E-state index contributed by atoms with van der Waals surface area (Å²) in [6.07, 6.45) is 3.60. The van der Waals surface area contributed by atoms with Crippen LogP contribution in [0.15, 0.2) is 0 Å². The molecule has 0 radical (unpaired) electrons. The second-order valence-electron chi connectivity index (χ2n) is 5.78. The lowest BCUT2D eigenvalue weighted by Crippen LogP contribution is -2.33. The molecule has 0 aromatic rings. The molecule has 0 aliphatic carbocycles. The van der Waals surface area contributed by atoms with Gasteiger partial charge < -0.3 is 10.7 Å². The van der Waals surface area contributed by atoms with E-state index in [9.17, 15) is 14.4 Å². The molecule has 0 bridgehead atoms. The zero-order chi connectivity index (χ0) is 23.2. The number of carbonyl (C=O) groups is 3. The Morgan fingerprint density at radius 2 is 1.69 bits per heavy atom. The molecule has 1 heterocycles. The van der Waals surface area contributed by atoms with Crippen molar-refractivity contribution in [1.29, 1.82) is 5.41 Å². The minimum atomic E-state index is -0.289. The number of carbonyl (C=O) groups excluding carboxylic acids is 3. The topological polar surface area (TPSA) is 90.3 Å². The number of nitrogens with zero attached hydrogens (tertiary/aromatic N) is 1. The lowest BCUT2D eigenvalue weighted by Gasteiger charge is -2.14. The Morgan fingerprint density at radius 1 is 1.10 bits per heavy atom.